The van der Waals surface area contributed by atoms with Crippen LogP contribution in [0, 0.1) is 5.92 Å². The average molecular weight is 464 g/mol. The van der Waals surface area contributed by atoms with Crippen LogP contribution in [0.4, 0.5) is 0 Å². The van der Waals surface area contributed by atoms with E-state index in [1.165, 1.54) is 12.8 Å². The zero-order chi connectivity index (χ0) is 24.0. The molecule has 3 aromatic carbocycles. The standard InChI is InChI=1S/C31H33N3O/c1-2-22-17-18-28(33-21-22)30(26-19-20-32-27-16-10-9-15-25(26)27)34-31(35)29(23-11-5-3-6-12-23)24-13-7-4-8-14-24/h3-16,19-20,22,28-30,33H,2,17-18,21H2,1H3,(H,34,35). The second-order valence-corrected chi connectivity index (χ2v) is 9.52. The molecule has 0 radical (unpaired) electrons. The summed E-state index contributed by atoms with van der Waals surface area (Å²) in [6.45, 7) is 3.24. The lowest BCUT2D eigenvalue weighted by molar-refractivity contribution is -0.122. The minimum Gasteiger partial charge on any atom is -0.347 e. The third-order valence-corrected chi connectivity index (χ3v) is 7.38. The van der Waals surface area contributed by atoms with Crippen molar-refractivity contribution in [3.63, 3.8) is 0 Å². The molecule has 5 rings (SSSR count). The van der Waals surface area contributed by atoms with Crippen LogP contribution < -0.4 is 10.6 Å². The lowest BCUT2D eigenvalue weighted by Crippen LogP contribution is -2.49. The molecule has 1 amide bonds. The van der Waals surface area contributed by atoms with Crippen LogP contribution in [0.5, 0.6) is 0 Å². The highest BCUT2D eigenvalue weighted by Crippen LogP contribution is 2.32. The van der Waals surface area contributed by atoms with E-state index in [0.29, 0.717) is 5.92 Å². The molecule has 0 aliphatic carbocycles. The number of nitrogens with one attached hydrogen (secondary N) is 2. The smallest absolute Gasteiger partial charge is 0.232 e. The number of piperidine rings is 1. The number of carbonyl (C=O) groups excluding carboxylic acids is 1. The summed E-state index contributed by atoms with van der Waals surface area (Å²) in [6.07, 6.45) is 5.24. The Hall–Kier alpha value is -3.50. The summed E-state index contributed by atoms with van der Waals surface area (Å²) >= 11 is 0. The second-order valence-electron chi connectivity index (χ2n) is 9.52. The van der Waals surface area contributed by atoms with E-state index in [-0.39, 0.29) is 23.9 Å². The first kappa shape index (κ1) is 23.3. The predicted molar refractivity (Wildman–Crippen MR) is 142 cm³/mol. The minimum atomic E-state index is -0.375. The number of carbonyl (C=O) groups is 1. The highest BCUT2D eigenvalue weighted by molar-refractivity contribution is 5.89. The van der Waals surface area contributed by atoms with Gasteiger partial charge in [-0.1, -0.05) is 92.2 Å². The molecule has 1 aromatic heterocycles. The van der Waals surface area contributed by atoms with Crippen molar-refractivity contribution in [2.45, 2.75) is 44.2 Å². The van der Waals surface area contributed by atoms with Crippen molar-refractivity contribution < 1.29 is 4.79 Å². The molecule has 4 nitrogen and oxygen atoms in total. The normalized spacial score (nSPS) is 18.9. The number of hydrogen-bond donors (Lipinski definition) is 2. The van der Waals surface area contributed by atoms with Gasteiger partial charge in [0.25, 0.3) is 0 Å². The predicted octanol–water partition coefficient (Wildman–Crippen LogP) is 6.00. The highest BCUT2D eigenvalue weighted by Gasteiger charge is 2.32. The average Bonchev–Trinajstić information content (AvgIpc) is 2.93. The Balaban J connectivity index is 1.53. The Labute approximate surface area is 207 Å². The van der Waals surface area contributed by atoms with E-state index in [0.717, 1.165) is 40.6 Å². The van der Waals surface area contributed by atoms with Gasteiger partial charge < -0.3 is 10.6 Å². The third kappa shape index (κ3) is 5.13. The van der Waals surface area contributed by atoms with Crippen molar-refractivity contribution in [1.29, 1.82) is 0 Å². The molecule has 1 aliphatic rings. The number of pyridine rings is 1. The Morgan fingerprint density at radius 3 is 2.20 bits per heavy atom. The van der Waals surface area contributed by atoms with Gasteiger partial charge in [0.05, 0.1) is 17.5 Å². The summed E-state index contributed by atoms with van der Waals surface area (Å²) in [5.74, 6) is 0.339. The molecule has 178 valence electrons. The van der Waals surface area contributed by atoms with Gasteiger partial charge in [-0.3, -0.25) is 9.78 Å². The van der Waals surface area contributed by atoms with Gasteiger partial charge in [-0.15, -0.1) is 0 Å². The molecular weight excluding hydrogens is 430 g/mol. The van der Waals surface area contributed by atoms with Crippen LogP contribution in [0.2, 0.25) is 0 Å². The molecule has 1 aliphatic heterocycles. The molecule has 2 N–H and O–H groups in total. The molecule has 4 aromatic rings. The summed E-state index contributed by atoms with van der Waals surface area (Å²) in [6, 6.07) is 30.4. The molecule has 2 heterocycles. The van der Waals surface area contributed by atoms with E-state index in [9.17, 15) is 4.79 Å². The highest BCUT2D eigenvalue weighted by atomic mass is 16.2. The summed E-state index contributed by atoms with van der Waals surface area (Å²) in [4.78, 5) is 18.6. The van der Waals surface area contributed by atoms with Gasteiger partial charge >= 0.3 is 0 Å². The Kier molecular flexibility index (Phi) is 7.20. The van der Waals surface area contributed by atoms with Crippen molar-refractivity contribution in [2.24, 2.45) is 5.92 Å². The van der Waals surface area contributed by atoms with E-state index in [1.54, 1.807) is 0 Å². The van der Waals surface area contributed by atoms with E-state index >= 15 is 0 Å². The molecule has 0 spiro atoms. The van der Waals surface area contributed by atoms with Crippen molar-refractivity contribution in [3.8, 4) is 0 Å². The lowest BCUT2D eigenvalue weighted by atomic mass is 9.85. The van der Waals surface area contributed by atoms with E-state index in [1.807, 2.05) is 85.1 Å². The first-order chi connectivity index (χ1) is 17.2. The zero-order valence-electron chi connectivity index (χ0n) is 20.2. The van der Waals surface area contributed by atoms with Gasteiger partial charge in [-0.05, 0) is 54.1 Å². The Morgan fingerprint density at radius 2 is 1.57 bits per heavy atom. The fourth-order valence-corrected chi connectivity index (χ4v) is 5.38. The number of para-hydroxylation sites is 1. The summed E-state index contributed by atoms with van der Waals surface area (Å²) < 4.78 is 0. The molecule has 3 atom stereocenters. The largest absolute Gasteiger partial charge is 0.347 e. The van der Waals surface area contributed by atoms with Crippen molar-refractivity contribution in [2.75, 3.05) is 6.54 Å². The van der Waals surface area contributed by atoms with Crippen LogP contribution in [0.3, 0.4) is 0 Å². The van der Waals surface area contributed by atoms with Gasteiger partial charge in [0.1, 0.15) is 0 Å². The van der Waals surface area contributed by atoms with E-state index in [2.05, 4.69) is 34.7 Å². The first-order valence-electron chi connectivity index (χ1n) is 12.7. The number of nitrogens with zero attached hydrogens (tertiary/aromatic N) is 1. The number of rotatable bonds is 7. The van der Waals surface area contributed by atoms with Crippen LogP contribution in [0.25, 0.3) is 10.9 Å². The van der Waals surface area contributed by atoms with Gasteiger partial charge in [0.2, 0.25) is 5.91 Å². The Morgan fingerprint density at radius 1 is 0.914 bits per heavy atom. The molecule has 1 saturated heterocycles. The number of aromatic nitrogens is 1. The first-order valence-corrected chi connectivity index (χ1v) is 12.7. The molecule has 35 heavy (non-hydrogen) atoms. The van der Waals surface area contributed by atoms with Gasteiger partial charge in [0, 0.05) is 17.6 Å². The molecular formula is C31H33N3O. The summed E-state index contributed by atoms with van der Waals surface area (Å²) in [5, 5.41) is 8.36. The topological polar surface area (TPSA) is 54.0 Å². The number of benzene rings is 3. The molecule has 1 fully saturated rings. The number of fused-ring (bicyclic) bond motifs is 1. The molecule has 3 unspecified atom stereocenters. The number of amides is 1. The fraction of sp³-hybridized carbons (Fsp3) is 0.290. The zero-order valence-corrected chi connectivity index (χ0v) is 20.2. The SMILES string of the molecule is CCC1CCC(C(NC(=O)C(c2ccccc2)c2ccccc2)c2ccnc3ccccc23)NC1. The lowest BCUT2D eigenvalue weighted by Gasteiger charge is -2.36. The summed E-state index contributed by atoms with van der Waals surface area (Å²) in [5.41, 5.74) is 4.07. The van der Waals surface area contributed by atoms with Crippen LogP contribution >= 0.6 is 0 Å². The van der Waals surface area contributed by atoms with Crippen LogP contribution in [0.1, 0.15) is 54.8 Å². The van der Waals surface area contributed by atoms with Crippen molar-refractivity contribution in [3.05, 3.63) is 114 Å². The summed E-state index contributed by atoms with van der Waals surface area (Å²) in [7, 11) is 0. The van der Waals surface area contributed by atoms with Crippen LogP contribution in [0.15, 0.2) is 97.2 Å². The van der Waals surface area contributed by atoms with Gasteiger partial charge in [0.15, 0.2) is 0 Å². The van der Waals surface area contributed by atoms with Crippen molar-refractivity contribution in [1.82, 2.24) is 15.6 Å². The number of hydrogen-bond acceptors (Lipinski definition) is 3. The molecule has 4 heteroatoms. The quantitative estimate of drug-likeness (QED) is 0.353. The fourth-order valence-electron chi connectivity index (χ4n) is 5.38. The monoisotopic (exact) mass is 463 g/mol. The third-order valence-electron chi connectivity index (χ3n) is 7.38. The Bertz CT molecular complexity index is 1210. The molecule has 0 saturated carbocycles. The second kappa shape index (κ2) is 10.8. The van der Waals surface area contributed by atoms with Gasteiger partial charge in [-0.2, -0.15) is 0 Å². The van der Waals surface area contributed by atoms with Crippen molar-refractivity contribution >= 4 is 16.8 Å². The van der Waals surface area contributed by atoms with E-state index in [4.69, 9.17) is 0 Å². The van der Waals surface area contributed by atoms with E-state index < -0.39 is 0 Å². The van der Waals surface area contributed by atoms with Crippen LogP contribution in [-0.4, -0.2) is 23.5 Å². The maximum atomic E-state index is 14.1. The van der Waals surface area contributed by atoms with Gasteiger partial charge in [-0.25, -0.2) is 0 Å². The van der Waals surface area contributed by atoms with Crippen LogP contribution in [-0.2, 0) is 4.79 Å². The maximum Gasteiger partial charge on any atom is 0.232 e. The molecule has 0 bridgehead atoms. The minimum absolute atomic E-state index is 0.0210. The maximum absolute atomic E-state index is 14.1.